The lowest BCUT2D eigenvalue weighted by atomic mass is 9.85. The molecule has 0 fully saturated rings. The Morgan fingerprint density at radius 1 is 0.188 bits per heavy atom. The summed E-state index contributed by atoms with van der Waals surface area (Å²) >= 11 is 0. The number of fused-ring (bicyclic) bond motifs is 3. The minimum atomic E-state index is 1.06. The maximum Gasteiger partial charge on any atom is 0.0540 e. The van der Waals surface area contributed by atoms with Gasteiger partial charge in [-0.3, -0.25) is 0 Å². The molecule has 0 unspecified atom stereocenters. The third-order valence-electron chi connectivity index (χ3n) is 13.5. The van der Waals surface area contributed by atoms with Gasteiger partial charge in [0.05, 0.1) is 5.69 Å². The predicted molar refractivity (Wildman–Crippen MR) is 294 cm³/mol. The molecule has 0 aliphatic rings. The fourth-order valence-electron chi connectivity index (χ4n) is 10.3. The van der Waals surface area contributed by atoms with Crippen molar-refractivity contribution in [2.24, 2.45) is 0 Å². The smallest absolute Gasteiger partial charge is 0.0540 e. The monoisotopic (exact) mass is 877 g/mol. The zero-order chi connectivity index (χ0) is 45.9. The van der Waals surface area contributed by atoms with Crippen molar-refractivity contribution in [3.8, 4) is 77.9 Å². The second-order valence-corrected chi connectivity index (χ2v) is 17.6. The molecule has 12 aromatic carbocycles. The number of anilines is 3. The number of nitrogens with zero attached hydrogens (tertiary/aromatic N) is 1. The molecule has 324 valence electrons. The van der Waals surface area contributed by atoms with E-state index in [0.717, 1.165) is 33.8 Å². The first-order chi connectivity index (χ1) is 34.3. The molecule has 0 spiro atoms. The summed E-state index contributed by atoms with van der Waals surface area (Å²) in [6.45, 7) is 0. The van der Waals surface area contributed by atoms with Crippen molar-refractivity contribution in [1.29, 1.82) is 0 Å². The van der Waals surface area contributed by atoms with Crippen LogP contribution in [0.3, 0.4) is 0 Å². The fourth-order valence-corrected chi connectivity index (χ4v) is 10.3. The molecule has 12 rings (SSSR count). The Kier molecular flexibility index (Phi) is 11.0. The lowest BCUT2D eigenvalue weighted by Gasteiger charge is -2.29. The topological polar surface area (TPSA) is 3.24 Å². The van der Waals surface area contributed by atoms with Crippen LogP contribution in [0.25, 0.3) is 99.4 Å². The van der Waals surface area contributed by atoms with E-state index in [1.807, 2.05) is 0 Å². The summed E-state index contributed by atoms with van der Waals surface area (Å²) in [5.74, 6) is 0. The van der Waals surface area contributed by atoms with Crippen molar-refractivity contribution in [2.75, 3.05) is 4.90 Å². The van der Waals surface area contributed by atoms with Crippen molar-refractivity contribution in [3.63, 3.8) is 0 Å². The highest BCUT2D eigenvalue weighted by atomic mass is 15.1. The first kappa shape index (κ1) is 41.4. The summed E-state index contributed by atoms with van der Waals surface area (Å²) < 4.78 is 0. The molecule has 0 aliphatic heterocycles. The maximum atomic E-state index is 2.46. The largest absolute Gasteiger partial charge is 0.310 e. The summed E-state index contributed by atoms with van der Waals surface area (Å²) in [6.07, 6.45) is 0. The van der Waals surface area contributed by atoms with E-state index in [1.54, 1.807) is 0 Å². The highest BCUT2D eigenvalue weighted by molar-refractivity contribution is 6.22. The van der Waals surface area contributed by atoms with E-state index in [-0.39, 0.29) is 0 Å². The van der Waals surface area contributed by atoms with Gasteiger partial charge in [-0.2, -0.15) is 0 Å². The van der Waals surface area contributed by atoms with Gasteiger partial charge in [0.25, 0.3) is 0 Å². The second kappa shape index (κ2) is 18.3. The molecule has 0 saturated carbocycles. The minimum Gasteiger partial charge on any atom is -0.310 e. The highest BCUT2D eigenvalue weighted by Gasteiger charge is 2.23. The van der Waals surface area contributed by atoms with Gasteiger partial charge in [-0.25, -0.2) is 0 Å². The van der Waals surface area contributed by atoms with Gasteiger partial charge in [-0.15, -0.1) is 0 Å². The molecule has 0 heterocycles. The first-order valence-electron chi connectivity index (χ1n) is 23.8. The van der Waals surface area contributed by atoms with Crippen LogP contribution < -0.4 is 4.90 Å². The van der Waals surface area contributed by atoms with Crippen molar-refractivity contribution < 1.29 is 0 Å². The average molecular weight is 878 g/mol. The van der Waals surface area contributed by atoms with E-state index < -0.39 is 0 Å². The van der Waals surface area contributed by atoms with E-state index in [0.29, 0.717) is 0 Å². The summed E-state index contributed by atoms with van der Waals surface area (Å²) in [6, 6.07) is 104. The minimum absolute atomic E-state index is 1.06. The van der Waals surface area contributed by atoms with Crippen LogP contribution in [0.2, 0.25) is 0 Å². The Morgan fingerprint density at radius 3 is 1.13 bits per heavy atom. The molecule has 0 bridgehead atoms. The van der Waals surface area contributed by atoms with E-state index in [9.17, 15) is 0 Å². The summed E-state index contributed by atoms with van der Waals surface area (Å²) in [5, 5.41) is 4.89. The first-order valence-corrected chi connectivity index (χ1v) is 23.8. The average Bonchev–Trinajstić information content (AvgIpc) is 3.44. The molecule has 0 aromatic heterocycles. The van der Waals surface area contributed by atoms with E-state index in [2.05, 4.69) is 290 Å². The van der Waals surface area contributed by atoms with Crippen molar-refractivity contribution in [1.82, 2.24) is 0 Å². The Balaban J connectivity index is 1.12. The lowest BCUT2D eigenvalue weighted by molar-refractivity contribution is 1.29. The maximum absolute atomic E-state index is 2.46. The van der Waals surface area contributed by atoms with Gasteiger partial charge in [0.2, 0.25) is 0 Å². The van der Waals surface area contributed by atoms with Gasteiger partial charge in [-0.05, 0) is 130 Å². The highest BCUT2D eigenvalue weighted by Crippen LogP contribution is 2.49. The fraction of sp³-hybridized carbons (Fsp3) is 0. The molecule has 0 atom stereocenters. The molecule has 1 nitrogen and oxygen atoms in total. The lowest BCUT2D eigenvalue weighted by Crippen LogP contribution is -2.11. The molecule has 69 heavy (non-hydrogen) atoms. The third kappa shape index (κ3) is 7.86. The van der Waals surface area contributed by atoms with Crippen LogP contribution in [0.5, 0.6) is 0 Å². The molecular weight excluding hydrogens is 831 g/mol. The molecule has 0 saturated heterocycles. The van der Waals surface area contributed by atoms with Crippen LogP contribution in [0.15, 0.2) is 285 Å². The van der Waals surface area contributed by atoms with Crippen molar-refractivity contribution >= 4 is 38.6 Å². The SMILES string of the molecule is c1ccc(-c2ccc(N(c3ccc(-c4cccc(-c5ccccc5)c4-c4ccccc4)cc3)c3ccc4c(c3)c(-c3ccccc3)c(-c3ccccc3)c3ccccc34)c(-c3ccccc3)c2)cc1. The number of hydrogen-bond acceptors (Lipinski definition) is 1. The van der Waals surface area contributed by atoms with E-state index in [1.165, 1.54) is 82.7 Å². The molecule has 0 radical (unpaired) electrons. The van der Waals surface area contributed by atoms with E-state index in [4.69, 9.17) is 0 Å². The Morgan fingerprint density at radius 2 is 0.580 bits per heavy atom. The number of rotatable bonds is 10. The van der Waals surface area contributed by atoms with Crippen molar-refractivity contribution in [2.45, 2.75) is 0 Å². The normalized spacial score (nSPS) is 11.2. The zero-order valence-corrected chi connectivity index (χ0v) is 38.1. The number of benzene rings is 12. The summed E-state index contributed by atoms with van der Waals surface area (Å²) in [4.78, 5) is 2.46. The summed E-state index contributed by atoms with van der Waals surface area (Å²) in [7, 11) is 0. The number of hydrogen-bond donors (Lipinski definition) is 0. The van der Waals surface area contributed by atoms with Gasteiger partial charge in [0, 0.05) is 16.9 Å². The molecular formula is C68H47N. The van der Waals surface area contributed by atoms with Crippen molar-refractivity contribution in [3.05, 3.63) is 285 Å². The Hall–Kier alpha value is -9.04. The Bertz CT molecular complexity index is 3720. The van der Waals surface area contributed by atoms with Gasteiger partial charge in [-0.1, -0.05) is 249 Å². The molecule has 0 amide bonds. The van der Waals surface area contributed by atoms with Gasteiger partial charge in [0.1, 0.15) is 0 Å². The van der Waals surface area contributed by atoms with Gasteiger partial charge < -0.3 is 4.90 Å². The second-order valence-electron chi connectivity index (χ2n) is 17.6. The zero-order valence-electron chi connectivity index (χ0n) is 38.1. The van der Waals surface area contributed by atoms with Crippen LogP contribution in [0, 0.1) is 0 Å². The predicted octanol–water partition coefficient (Wildman–Crippen LogP) is 19.1. The summed E-state index contributed by atoms with van der Waals surface area (Å²) in [5.41, 5.74) is 19.9. The molecule has 0 N–H and O–H groups in total. The molecule has 1 heteroatoms. The Labute approximate surface area is 404 Å². The van der Waals surface area contributed by atoms with Crippen LogP contribution >= 0.6 is 0 Å². The van der Waals surface area contributed by atoms with Gasteiger partial charge >= 0.3 is 0 Å². The van der Waals surface area contributed by atoms with Crippen LogP contribution in [-0.2, 0) is 0 Å². The standard InChI is InChI=1S/C68H47N/c1-7-22-48(23-8-1)55-40-45-65(63(46-55)50-26-11-3-12-27-50)69(56-41-38-51(39-42-56)59-37-21-36-58(49-24-9-2-10-25-49)66(59)52-28-13-4-14-29-52)57-43-44-61-60-34-19-20-35-62(60)67(53-30-15-5-16-31-53)68(64(61)47-57)54-32-17-6-18-33-54/h1-47H. The molecule has 12 aromatic rings. The third-order valence-corrected chi connectivity index (χ3v) is 13.5. The van der Waals surface area contributed by atoms with Gasteiger partial charge in [0.15, 0.2) is 0 Å². The van der Waals surface area contributed by atoms with Crippen LogP contribution in [-0.4, -0.2) is 0 Å². The van der Waals surface area contributed by atoms with E-state index >= 15 is 0 Å². The molecule has 0 aliphatic carbocycles. The van der Waals surface area contributed by atoms with Crippen LogP contribution in [0.1, 0.15) is 0 Å². The quantitative estimate of drug-likeness (QED) is 0.124. The van der Waals surface area contributed by atoms with Crippen LogP contribution in [0.4, 0.5) is 17.1 Å².